The van der Waals surface area contributed by atoms with Gasteiger partial charge in [0.1, 0.15) is 0 Å². The molecule has 3 rings (SSSR count). The standard InChI is InChI=1S/C14H14N4/c1-18-8-12(17-9-18)13(15)14-11-5-3-2-4-10(11)6-7-16-14/h2-9,13H,15H2,1H3. The molecular formula is C14H14N4. The normalized spacial score (nSPS) is 12.8. The number of nitrogens with zero attached hydrogens (tertiary/aromatic N) is 3. The van der Waals surface area contributed by atoms with Crippen LogP contribution in [0.3, 0.4) is 0 Å². The molecule has 1 aromatic carbocycles. The predicted octanol–water partition coefficient (Wildman–Crippen LogP) is 2.02. The number of benzene rings is 1. The SMILES string of the molecule is Cn1cnc(C(N)c2nccc3ccccc23)c1. The van der Waals surface area contributed by atoms with Gasteiger partial charge in [0.2, 0.25) is 0 Å². The van der Waals surface area contributed by atoms with Crippen LogP contribution < -0.4 is 5.73 Å². The van der Waals surface area contributed by atoms with Gasteiger partial charge in [-0.05, 0) is 11.5 Å². The molecule has 0 radical (unpaired) electrons. The quantitative estimate of drug-likeness (QED) is 0.743. The van der Waals surface area contributed by atoms with Gasteiger partial charge < -0.3 is 10.3 Å². The molecule has 90 valence electrons. The van der Waals surface area contributed by atoms with E-state index in [1.807, 2.05) is 42.1 Å². The van der Waals surface area contributed by atoms with Gasteiger partial charge in [-0.2, -0.15) is 0 Å². The number of fused-ring (bicyclic) bond motifs is 1. The van der Waals surface area contributed by atoms with Gasteiger partial charge in [-0.25, -0.2) is 4.98 Å². The third-order valence-electron chi connectivity index (χ3n) is 3.04. The van der Waals surface area contributed by atoms with Crippen LogP contribution in [-0.4, -0.2) is 14.5 Å². The lowest BCUT2D eigenvalue weighted by Crippen LogP contribution is -2.14. The van der Waals surface area contributed by atoms with E-state index in [9.17, 15) is 0 Å². The lowest BCUT2D eigenvalue weighted by atomic mass is 10.0. The molecule has 2 aromatic heterocycles. The van der Waals surface area contributed by atoms with Gasteiger partial charge in [-0.3, -0.25) is 4.98 Å². The summed E-state index contributed by atoms with van der Waals surface area (Å²) in [7, 11) is 1.93. The molecule has 4 nitrogen and oxygen atoms in total. The van der Waals surface area contributed by atoms with Gasteiger partial charge in [0, 0.05) is 24.8 Å². The Bertz CT molecular complexity index is 682. The van der Waals surface area contributed by atoms with Crippen LogP contribution in [0.15, 0.2) is 49.1 Å². The Morgan fingerprint density at radius 1 is 1.17 bits per heavy atom. The average Bonchev–Trinajstić information content (AvgIpc) is 2.84. The summed E-state index contributed by atoms with van der Waals surface area (Å²) in [5, 5.41) is 2.23. The number of aryl methyl sites for hydroxylation is 1. The minimum atomic E-state index is -0.294. The average molecular weight is 238 g/mol. The minimum absolute atomic E-state index is 0.294. The maximum absolute atomic E-state index is 6.26. The fraction of sp³-hybridized carbons (Fsp3) is 0.143. The van der Waals surface area contributed by atoms with Crippen molar-refractivity contribution in [2.24, 2.45) is 12.8 Å². The lowest BCUT2D eigenvalue weighted by molar-refractivity contribution is 0.809. The Balaban J connectivity index is 2.14. The molecule has 0 amide bonds. The lowest BCUT2D eigenvalue weighted by Gasteiger charge is -2.11. The van der Waals surface area contributed by atoms with Gasteiger partial charge in [-0.15, -0.1) is 0 Å². The van der Waals surface area contributed by atoms with Crippen molar-refractivity contribution in [3.63, 3.8) is 0 Å². The Morgan fingerprint density at radius 3 is 2.78 bits per heavy atom. The van der Waals surface area contributed by atoms with Crippen molar-refractivity contribution in [3.8, 4) is 0 Å². The van der Waals surface area contributed by atoms with E-state index in [0.29, 0.717) is 0 Å². The van der Waals surface area contributed by atoms with E-state index in [1.54, 1.807) is 12.5 Å². The van der Waals surface area contributed by atoms with Crippen LogP contribution in [0.5, 0.6) is 0 Å². The highest BCUT2D eigenvalue weighted by Gasteiger charge is 2.15. The van der Waals surface area contributed by atoms with Crippen molar-refractivity contribution in [1.29, 1.82) is 0 Å². The highest BCUT2D eigenvalue weighted by Crippen LogP contribution is 2.24. The molecule has 0 bridgehead atoms. The first-order valence-corrected chi connectivity index (χ1v) is 5.83. The molecule has 18 heavy (non-hydrogen) atoms. The summed E-state index contributed by atoms with van der Waals surface area (Å²) in [6, 6.07) is 9.81. The van der Waals surface area contributed by atoms with Gasteiger partial charge in [0.25, 0.3) is 0 Å². The van der Waals surface area contributed by atoms with E-state index in [4.69, 9.17) is 5.73 Å². The van der Waals surface area contributed by atoms with Crippen molar-refractivity contribution in [2.75, 3.05) is 0 Å². The number of aromatic nitrogens is 3. The van der Waals surface area contributed by atoms with Gasteiger partial charge in [-0.1, -0.05) is 24.3 Å². The van der Waals surface area contributed by atoms with Crippen molar-refractivity contribution < 1.29 is 0 Å². The topological polar surface area (TPSA) is 56.7 Å². The zero-order valence-electron chi connectivity index (χ0n) is 10.1. The second-order valence-corrected chi connectivity index (χ2v) is 4.36. The summed E-state index contributed by atoms with van der Waals surface area (Å²) >= 11 is 0. The molecule has 1 atom stereocenters. The van der Waals surface area contributed by atoms with Crippen molar-refractivity contribution in [1.82, 2.24) is 14.5 Å². The van der Waals surface area contributed by atoms with E-state index in [-0.39, 0.29) is 6.04 Å². The molecule has 3 aromatic rings. The fourth-order valence-electron chi connectivity index (χ4n) is 2.12. The number of imidazole rings is 1. The van der Waals surface area contributed by atoms with E-state index in [1.165, 1.54) is 0 Å². The first-order chi connectivity index (χ1) is 8.75. The second kappa shape index (κ2) is 4.23. The molecule has 4 heteroatoms. The molecule has 1 unspecified atom stereocenters. The van der Waals surface area contributed by atoms with E-state index >= 15 is 0 Å². The molecule has 2 N–H and O–H groups in total. The second-order valence-electron chi connectivity index (χ2n) is 4.36. The van der Waals surface area contributed by atoms with Crippen molar-refractivity contribution in [3.05, 3.63) is 60.4 Å². The summed E-state index contributed by atoms with van der Waals surface area (Å²) in [4.78, 5) is 8.72. The summed E-state index contributed by atoms with van der Waals surface area (Å²) in [5.41, 5.74) is 7.96. The van der Waals surface area contributed by atoms with Crippen molar-refractivity contribution in [2.45, 2.75) is 6.04 Å². The molecule has 0 saturated heterocycles. The fourth-order valence-corrected chi connectivity index (χ4v) is 2.12. The van der Waals surface area contributed by atoms with Crippen LogP contribution >= 0.6 is 0 Å². The number of pyridine rings is 1. The van der Waals surface area contributed by atoms with Gasteiger partial charge in [0.15, 0.2) is 0 Å². The van der Waals surface area contributed by atoms with Crippen LogP contribution in [-0.2, 0) is 7.05 Å². The minimum Gasteiger partial charge on any atom is -0.340 e. The van der Waals surface area contributed by atoms with Crippen LogP contribution in [0.1, 0.15) is 17.4 Å². The number of rotatable bonds is 2. The Labute approximate surface area is 105 Å². The summed E-state index contributed by atoms with van der Waals surface area (Å²) < 4.78 is 1.89. The third-order valence-corrected chi connectivity index (χ3v) is 3.04. The maximum atomic E-state index is 6.26. The van der Waals surface area contributed by atoms with E-state index in [2.05, 4.69) is 16.0 Å². The Hall–Kier alpha value is -2.20. The summed E-state index contributed by atoms with van der Waals surface area (Å²) in [6.45, 7) is 0. The molecule has 0 aliphatic carbocycles. The molecule has 0 fully saturated rings. The number of nitrogens with two attached hydrogens (primary N) is 1. The van der Waals surface area contributed by atoms with Gasteiger partial charge >= 0.3 is 0 Å². The molecule has 0 spiro atoms. The van der Waals surface area contributed by atoms with Crippen LogP contribution in [0.25, 0.3) is 10.8 Å². The summed E-state index contributed by atoms with van der Waals surface area (Å²) in [5.74, 6) is 0. The number of hydrogen-bond donors (Lipinski definition) is 1. The van der Waals surface area contributed by atoms with Crippen LogP contribution in [0.2, 0.25) is 0 Å². The van der Waals surface area contributed by atoms with E-state index in [0.717, 1.165) is 22.2 Å². The van der Waals surface area contributed by atoms with Crippen LogP contribution in [0, 0.1) is 0 Å². The van der Waals surface area contributed by atoms with E-state index < -0.39 is 0 Å². The molecule has 2 heterocycles. The Kier molecular flexibility index (Phi) is 2.57. The predicted molar refractivity (Wildman–Crippen MR) is 71.0 cm³/mol. The third kappa shape index (κ3) is 1.76. The largest absolute Gasteiger partial charge is 0.340 e. The van der Waals surface area contributed by atoms with Crippen LogP contribution in [0.4, 0.5) is 0 Å². The molecule has 0 saturated carbocycles. The Morgan fingerprint density at radius 2 is 2.00 bits per heavy atom. The zero-order chi connectivity index (χ0) is 12.5. The maximum Gasteiger partial charge on any atom is 0.0947 e. The highest BCUT2D eigenvalue weighted by molar-refractivity contribution is 5.84. The molecule has 0 aliphatic rings. The monoisotopic (exact) mass is 238 g/mol. The molecular weight excluding hydrogens is 224 g/mol. The zero-order valence-corrected chi connectivity index (χ0v) is 10.1. The summed E-state index contributed by atoms with van der Waals surface area (Å²) in [6.07, 6.45) is 5.47. The molecule has 0 aliphatic heterocycles. The highest BCUT2D eigenvalue weighted by atomic mass is 15.0. The first-order valence-electron chi connectivity index (χ1n) is 5.83. The van der Waals surface area contributed by atoms with Gasteiger partial charge in [0.05, 0.1) is 23.8 Å². The smallest absolute Gasteiger partial charge is 0.0947 e. The first kappa shape index (κ1) is 10.9. The van der Waals surface area contributed by atoms with Crippen molar-refractivity contribution >= 4 is 10.8 Å². The number of hydrogen-bond acceptors (Lipinski definition) is 3.